The molecule has 1 aromatic heterocycles. The molecule has 132 valence electrons. The van der Waals surface area contributed by atoms with Gasteiger partial charge in [0.25, 0.3) is 5.56 Å². The first-order valence-corrected chi connectivity index (χ1v) is 8.29. The van der Waals surface area contributed by atoms with Crippen LogP contribution in [0.15, 0.2) is 29.1 Å². The lowest BCUT2D eigenvalue weighted by Crippen LogP contribution is -2.30. The number of piperidine rings is 1. The zero-order valence-corrected chi connectivity index (χ0v) is 14.8. The van der Waals surface area contributed by atoms with Gasteiger partial charge in [-0.25, -0.2) is 0 Å². The molecule has 0 unspecified atom stereocenters. The smallest absolute Gasteiger partial charge is 0.251 e. The molecule has 2 aromatic rings. The Bertz CT molecular complexity index is 749. The Morgan fingerprint density at radius 1 is 1.25 bits per heavy atom. The number of rotatable bonds is 4. The van der Waals surface area contributed by atoms with Crippen molar-refractivity contribution in [2.24, 2.45) is 0 Å². The fourth-order valence-electron chi connectivity index (χ4n) is 3.57. The van der Waals surface area contributed by atoms with Gasteiger partial charge in [0, 0.05) is 18.0 Å². The fraction of sp³-hybridized carbons (Fsp3) is 0.500. The van der Waals surface area contributed by atoms with Crippen LogP contribution in [0.25, 0.3) is 10.9 Å². The van der Waals surface area contributed by atoms with Gasteiger partial charge < -0.3 is 15.6 Å². The van der Waals surface area contributed by atoms with Gasteiger partial charge in [0.2, 0.25) is 0 Å². The number of nitrogens with one attached hydrogen (secondary N) is 1. The average molecular weight is 332 g/mol. The predicted octanol–water partition coefficient (Wildman–Crippen LogP) is 2.97. The van der Waals surface area contributed by atoms with Gasteiger partial charge in [-0.2, -0.15) is 0 Å². The lowest BCUT2D eigenvalue weighted by molar-refractivity contribution is 0.256. The highest BCUT2D eigenvalue weighted by Gasteiger charge is 2.22. The van der Waals surface area contributed by atoms with Crippen molar-refractivity contribution >= 4 is 16.6 Å². The number of aromatic nitrogens is 1. The molecule has 0 spiro atoms. The maximum Gasteiger partial charge on any atom is 0.251 e. The van der Waals surface area contributed by atoms with E-state index >= 15 is 0 Å². The van der Waals surface area contributed by atoms with Gasteiger partial charge >= 0.3 is 0 Å². The van der Waals surface area contributed by atoms with Crippen molar-refractivity contribution in [2.45, 2.75) is 32.2 Å². The number of likely N-dealkylation sites (tertiary alicyclic amines) is 1. The Balaban J connectivity index is 0.00000208. The van der Waals surface area contributed by atoms with Crippen molar-refractivity contribution in [1.29, 1.82) is 0 Å². The minimum atomic E-state index is 0. The molecule has 4 N–H and O–H groups in total. The summed E-state index contributed by atoms with van der Waals surface area (Å²) in [5, 5.41) is 1.16. The van der Waals surface area contributed by atoms with Gasteiger partial charge in [0.05, 0.1) is 18.3 Å². The number of fused-ring (bicyclic) bond motifs is 1. The monoisotopic (exact) mass is 332 g/mol. The molecule has 0 atom stereocenters. The number of nitrogens with zero attached hydrogens (tertiary/aromatic N) is 2. The van der Waals surface area contributed by atoms with Crippen molar-refractivity contribution in [1.82, 2.24) is 15.6 Å². The van der Waals surface area contributed by atoms with E-state index in [0.717, 1.165) is 42.5 Å². The van der Waals surface area contributed by atoms with Crippen LogP contribution in [-0.4, -0.2) is 36.7 Å². The Morgan fingerprint density at radius 2 is 1.96 bits per heavy atom. The molecule has 1 aliphatic heterocycles. The summed E-state index contributed by atoms with van der Waals surface area (Å²) < 4.78 is 1.84. The van der Waals surface area contributed by atoms with Crippen LogP contribution < -0.4 is 17.2 Å². The maximum atomic E-state index is 12.5. The first kappa shape index (κ1) is 18.4. The summed E-state index contributed by atoms with van der Waals surface area (Å²) in [7, 11) is 3.76. The van der Waals surface area contributed by atoms with E-state index in [1.807, 2.05) is 29.7 Å². The molecule has 0 bridgehead atoms. The largest absolute Gasteiger partial charge is 0.344 e. The minimum Gasteiger partial charge on any atom is -0.344 e. The molecule has 24 heavy (non-hydrogen) atoms. The second-order valence-electron chi connectivity index (χ2n) is 6.30. The van der Waals surface area contributed by atoms with Gasteiger partial charge in [-0.05, 0) is 69.6 Å². The molecule has 3 rings (SSSR count). The minimum absolute atomic E-state index is 0. The molecule has 0 aliphatic carbocycles. The SMILES string of the molecule is CCn1c(=O)cc(C2CCN(C)CC2)c2cc(NOC)ccc21.N. The Labute approximate surface area is 142 Å². The third kappa shape index (κ3) is 3.45. The number of hydrogen-bond donors (Lipinski definition) is 2. The lowest BCUT2D eigenvalue weighted by Gasteiger charge is -2.30. The highest BCUT2D eigenvalue weighted by molar-refractivity contribution is 5.86. The molecule has 1 aliphatic rings. The molecule has 1 saturated heterocycles. The van der Waals surface area contributed by atoms with E-state index in [2.05, 4.69) is 23.5 Å². The summed E-state index contributed by atoms with van der Waals surface area (Å²) in [6, 6.07) is 7.91. The zero-order chi connectivity index (χ0) is 16.4. The van der Waals surface area contributed by atoms with Gasteiger partial charge in [0.1, 0.15) is 0 Å². The molecular weight excluding hydrogens is 304 g/mol. The predicted molar refractivity (Wildman–Crippen MR) is 99.0 cm³/mol. The molecular formula is C18H28N4O2. The van der Waals surface area contributed by atoms with Gasteiger partial charge in [-0.1, -0.05) is 0 Å². The quantitative estimate of drug-likeness (QED) is 0.841. The summed E-state index contributed by atoms with van der Waals surface area (Å²) in [6.45, 7) is 4.86. The third-order valence-electron chi connectivity index (χ3n) is 4.84. The summed E-state index contributed by atoms with van der Waals surface area (Å²) in [5.41, 5.74) is 6.10. The Kier molecular flexibility index (Phi) is 5.99. The average Bonchev–Trinajstić information content (AvgIpc) is 2.55. The molecule has 0 saturated carbocycles. The van der Waals surface area contributed by atoms with Crippen molar-refractivity contribution < 1.29 is 4.84 Å². The topological polar surface area (TPSA) is 81.5 Å². The highest BCUT2D eigenvalue weighted by Crippen LogP contribution is 2.33. The van der Waals surface area contributed by atoms with Crippen molar-refractivity contribution in [3.05, 3.63) is 40.2 Å². The second-order valence-corrected chi connectivity index (χ2v) is 6.30. The van der Waals surface area contributed by atoms with E-state index < -0.39 is 0 Å². The fourth-order valence-corrected chi connectivity index (χ4v) is 3.57. The molecule has 2 heterocycles. The van der Waals surface area contributed by atoms with Crippen molar-refractivity contribution in [3.8, 4) is 0 Å². The van der Waals surface area contributed by atoms with E-state index in [-0.39, 0.29) is 11.7 Å². The van der Waals surface area contributed by atoms with E-state index in [1.165, 1.54) is 5.56 Å². The number of anilines is 1. The van der Waals surface area contributed by atoms with Crippen molar-refractivity contribution in [2.75, 3.05) is 32.7 Å². The lowest BCUT2D eigenvalue weighted by atomic mass is 9.87. The number of hydrogen-bond acceptors (Lipinski definition) is 5. The first-order valence-electron chi connectivity index (χ1n) is 8.29. The maximum absolute atomic E-state index is 12.5. The second kappa shape index (κ2) is 7.79. The standard InChI is InChI=1S/C18H25N3O2.H3N/c1-4-21-17-6-5-14(19-23-3)11-16(17)15(12-18(21)22)13-7-9-20(2)10-8-13;/h5-6,11-13,19H,4,7-10H2,1-3H3;1H3. The summed E-state index contributed by atoms with van der Waals surface area (Å²) >= 11 is 0. The Morgan fingerprint density at radius 3 is 2.58 bits per heavy atom. The molecule has 6 nitrogen and oxygen atoms in total. The number of benzene rings is 1. The first-order chi connectivity index (χ1) is 11.1. The van der Waals surface area contributed by atoms with Crippen LogP contribution in [0.4, 0.5) is 5.69 Å². The molecule has 1 fully saturated rings. The molecule has 1 aromatic carbocycles. The van der Waals surface area contributed by atoms with Crippen LogP contribution in [0.2, 0.25) is 0 Å². The van der Waals surface area contributed by atoms with Crippen LogP contribution in [0.1, 0.15) is 31.2 Å². The third-order valence-corrected chi connectivity index (χ3v) is 4.84. The van der Waals surface area contributed by atoms with E-state index in [0.29, 0.717) is 12.5 Å². The van der Waals surface area contributed by atoms with Crippen LogP contribution in [0.5, 0.6) is 0 Å². The van der Waals surface area contributed by atoms with Gasteiger partial charge in [0.15, 0.2) is 0 Å². The van der Waals surface area contributed by atoms with E-state index in [4.69, 9.17) is 4.84 Å². The summed E-state index contributed by atoms with van der Waals surface area (Å²) in [4.78, 5) is 19.9. The van der Waals surface area contributed by atoms with Gasteiger partial charge in [-0.15, -0.1) is 0 Å². The zero-order valence-electron chi connectivity index (χ0n) is 14.8. The van der Waals surface area contributed by atoms with Gasteiger partial charge in [-0.3, -0.25) is 15.1 Å². The number of aryl methyl sites for hydroxylation is 1. The van der Waals surface area contributed by atoms with E-state index in [9.17, 15) is 4.79 Å². The Hall–Kier alpha value is -1.89. The highest BCUT2D eigenvalue weighted by atomic mass is 16.6. The normalized spacial score (nSPS) is 16.1. The van der Waals surface area contributed by atoms with Crippen LogP contribution in [0, 0.1) is 0 Å². The van der Waals surface area contributed by atoms with E-state index in [1.54, 1.807) is 7.11 Å². The summed E-state index contributed by atoms with van der Waals surface area (Å²) in [6.07, 6.45) is 2.20. The number of pyridine rings is 1. The van der Waals surface area contributed by atoms with Crippen LogP contribution in [-0.2, 0) is 11.4 Å². The molecule has 0 radical (unpaired) electrons. The van der Waals surface area contributed by atoms with Crippen molar-refractivity contribution in [3.63, 3.8) is 0 Å². The van der Waals surface area contributed by atoms with Crippen LogP contribution in [0.3, 0.4) is 0 Å². The molecule has 0 amide bonds. The van der Waals surface area contributed by atoms with Crippen LogP contribution >= 0.6 is 0 Å². The molecule has 6 heteroatoms. The summed E-state index contributed by atoms with van der Waals surface area (Å²) in [5.74, 6) is 0.450.